The number of hydrogen-bond acceptors (Lipinski definition) is 8. The van der Waals surface area contributed by atoms with Gasteiger partial charge in [-0.15, -0.1) is 0 Å². The van der Waals surface area contributed by atoms with Gasteiger partial charge in [-0.05, 0) is 66.2 Å². The first-order chi connectivity index (χ1) is 17.8. The molecule has 1 atom stereocenters. The molecule has 0 aliphatic carbocycles. The van der Waals surface area contributed by atoms with Crippen molar-refractivity contribution in [1.82, 2.24) is 4.31 Å². The second-order valence-corrected chi connectivity index (χ2v) is 10.3. The Labute approximate surface area is 214 Å². The van der Waals surface area contributed by atoms with Crippen molar-refractivity contribution < 1.29 is 37.0 Å². The maximum absolute atomic E-state index is 13.9. The zero-order valence-corrected chi connectivity index (χ0v) is 20.9. The van der Waals surface area contributed by atoms with Crippen molar-refractivity contribution in [2.75, 3.05) is 25.9 Å². The minimum Gasteiger partial charge on any atom is -0.497 e. The average Bonchev–Trinajstić information content (AvgIpc) is 3.50. The fourth-order valence-corrected chi connectivity index (χ4v) is 5.88. The van der Waals surface area contributed by atoms with Crippen LogP contribution in [0.25, 0.3) is 0 Å². The zero-order chi connectivity index (χ0) is 26.2. The smallest absolute Gasteiger partial charge is 0.252 e. The van der Waals surface area contributed by atoms with Crippen LogP contribution < -0.4 is 23.8 Å². The largest absolute Gasteiger partial charge is 0.497 e. The van der Waals surface area contributed by atoms with E-state index in [1.54, 1.807) is 42.5 Å². The van der Waals surface area contributed by atoms with Crippen molar-refractivity contribution in [3.63, 3.8) is 0 Å². The van der Waals surface area contributed by atoms with Crippen LogP contribution in [0.4, 0.5) is 5.69 Å². The molecule has 11 heteroatoms. The Bertz CT molecular complexity index is 1440. The molecule has 0 N–H and O–H groups in total. The summed E-state index contributed by atoms with van der Waals surface area (Å²) in [6.45, 7) is -0.0930. The molecular weight excluding hydrogens is 500 g/mol. The standard InChI is InChI=1S/C26H24N2O8S/c1-33-19-6-4-18(5-7-19)28-25(29)14-22(26(28)30)27(15-17-3-12-23-24(13-17)36-16-35-23)37(31,32)21-10-8-20(34-2)9-11-21/h3-13,22H,14-16H2,1-2H3. The van der Waals surface area contributed by atoms with Crippen molar-refractivity contribution >= 4 is 27.5 Å². The highest BCUT2D eigenvalue weighted by Gasteiger charge is 2.47. The van der Waals surface area contributed by atoms with E-state index in [2.05, 4.69) is 0 Å². The van der Waals surface area contributed by atoms with Crippen LogP contribution in [-0.2, 0) is 26.2 Å². The number of benzene rings is 3. The minimum atomic E-state index is -4.21. The molecule has 1 fully saturated rings. The van der Waals surface area contributed by atoms with Gasteiger partial charge in [0.05, 0.1) is 31.2 Å². The number of carbonyl (C=O) groups is 2. The fraction of sp³-hybridized carbons (Fsp3) is 0.231. The highest BCUT2D eigenvalue weighted by atomic mass is 32.2. The molecule has 2 aliphatic rings. The van der Waals surface area contributed by atoms with Crippen LogP contribution >= 0.6 is 0 Å². The van der Waals surface area contributed by atoms with Gasteiger partial charge in [-0.2, -0.15) is 4.31 Å². The molecule has 0 bridgehead atoms. The van der Waals surface area contributed by atoms with Crippen LogP contribution in [0.2, 0.25) is 0 Å². The third-order valence-corrected chi connectivity index (χ3v) is 8.11. The number of rotatable bonds is 8. The number of sulfonamides is 1. The van der Waals surface area contributed by atoms with Gasteiger partial charge in [-0.25, -0.2) is 13.3 Å². The molecule has 0 spiro atoms. The molecule has 2 amide bonds. The monoisotopic (exact) mass is 524 g/mol. The topological polar surface area (TPSA) is 112 Å². The molecule has 192 valence electrons. The number of nitrogens with zero attached hydrogens (tertiary/aromatic N) is 2. The molecule has 3 aromatic rings. The Morgan fingerprint density at radius 3 is 2.16 bits per heavy atom. The summed E-state index contributed by atoms with van der Waals surface area (Å²) in [5, 5.41) is 0. The first-order valence-corrected chi connectivity index (χ1v) is 12.8. The third kappa shape index (κ3) is 4.58. The van der Waals surface area contributed by atoms with Gasteiger partial charge in [0.2, 0.25) is 22.7 Å². The third-order valence-electron chi connectivity index (χ3n) is 6.24. The molecule has 1 saturated heterocycles. The highest BCUT2D eigenvalue weighted by Crippen LogP contribution is 2.35. The van der Waals surface area contributed by atoms with Gasteiger partial charge in [0, 0.05) is 6.54 Å². The fourth-order valence-electron chi connectivity index (χ4n) is 4.31. The van der Waals surface area contributed by atoms with E-state index in [9.17, 15) is 18.0 Å². The van der Waals surface area contributed by atoms with Crippen LogP contribution in [-0.4, -0.2) is 51.6 Å². The van der Waals surface area contributed by atoms with Crippen LogP contribution in [0.5, 0.6) is 23.0 Å². The molecule has 37 heavy (non-hydrogen) atoms. The van der Waals surface area contributed by atoms with E-state index in [-0.39, 0.29) is 24.7 Å². The molecule has 1 unspecified atom stereocenters. The van der Waals surface area contributed by atoms with Gasteiger partial charge in [0.15, 0.2) is 11.5 Å². The number of hydrogen-bond donors (Lipinski definition) is 0. The van der Waals surface area contributed by atoms with E-state index >= 15 is 0 Å². The summed E-state index contributed by atoms with van der Waals surface area (Å²) in [4.78, 5) is 27.6. The summed E-state index contributed by atoms with van der Waals surface area (Å²) in [6, 6.07) is 16.1. The highest BCUT2D eigenvalue weighted by molar-refractivity contribution is 7.89. The molecular formula is C26H24N2O8S. The summed E-state index contributed by atoms with van der Waals surface area (Å²) >= 11 is 0. The van der Waals surface area contributed by atoms with Crippen molar-refractivity contribution in [3.8, 4) is 23.0 Å². The molecule has 2 heterocycles. The SMILES string of the molecule is COc1ccc(N2C(=O)CC(N(Cc3ccc4c(c3)OCO4)S(=O)(=O)c3ccc(OC)cc3)C2=O)cc1. The minimum absolute atomic E-state index is 0.0304. The summed E-state index contributed by atoms with van der Waals surface area (Å²) in [7, 11) is -1.22. The van der Waals surface area contributed by atoms with Gasteiger partial charge < -0.3 is 18.9 Å². The molecule has 5 rings (SSSR count). The first kappa shape index (κ1) is 24.6. The van der Waals surface area contributed by atoms with Crippen LogP contribution in [0.1, 0.15) is 12.0 Å². The summed E-state index contributed by atoms with van der Waals surface area (Å²) in [5.74, 6) is 0.942. The Kier molecular flexibility index (Phi) is 6.48. The van der Waals surface area contributed by atoms with Gasteiger partial charge in [-0.3, -0.25) is 9.59 Å². The van der Waals surface area contributed by atoms with Crippen LogP contribution in [0, 0.1) is 0 Å². The number of carbonyl (C=O) groups excluding carboxylic acids is 2. The van der Waals surface area contributed by atoms with E-state index in [1.165, 1.54) is 38.5 Å². The quantitative estimate of drug-likeness (QED) is 0.414. The Balaban J connectivity index is 1.52. The molecule has 10 nitrogen and oxygen atoms in total. The molecule has 0 radical (unpaired) electrons. The summed E-state index contributed by atoms with van der Waals surface area (Å²) in [5.41, 5.74) is 0.910. The lowest BCUT2D eigenvalue weighted by molar-refractivity contribution is -0.122. The first-order valence-electron chi connectivity index (χ1n) is 11.4. The van der Waals surface area contributed by atoms with Crippen molar-refractivity contribution in [1.29, 1.82) is 0 Å². The van der Waals surface area contributed by atoms with E-state index in [0.29, 0.717) is 34.2 Å². The van der Waals surface area contributed by atoms with Crippen molar-refractivity contribution in [2.24, 2.45) is 0 Å². The lowest BCUT2D eigenvalue weighted by atomic mass is 10.1. The van der Waals surface area contributed by atoms with Gasteiger partial charge >= 0.3 is 0 Å². The van der Waals surface area contributed by atoms with Crippen LogP contribution in [0.3, 0.4) is 0 Å². The van der Waals surface area contributed by atoms with E-state index in [1.807, 2.05) is 0 Å². The number of ether oxygens (including phenoxy) is 4. The Morgan fingerprint density at radius 1 is 0.892 bits per heavy atom. The normalized spacial score (nSPS) is 16.9. The molecule has 3 aromatic carbocycles. The maximum Gasteiger partial charge on any atom is 0.252 e. The Hall–Kier alpha value is -4.09. The summed E-state index contributed by atoms with van der Waals surface area (Å²) < 4.78 is 49.9. The molecule has 0 aromatic heterocycles. The number of fused-ring (bicyclic) bond motifs is 1. The van der Waals surface area contributed by atoms with E-state index in [0.717, 1.165) is 9.21 Å². The average molecular weight is 525 g/mol. The van der Waals surface area contributed by atoms with Gasteiger partial charge in [-0.1, -0.05) is 6.07 Å². The van der Waals surface area contributed by atoms with Crippen molar-refractivity contribution in [3.05, 3.63) is 72.3 Å². The maximum atomic E-state index is 13.9. The Morgan fingerprint density at radius 2 is 1.51 bits per heavy atom. The molecule has 2 aliphatic heterocycles. The zero-order valence-electron chi connectivity index (χ0n) is 20.1. The van der Waals surface area contributed by atoms with Gasteiger partial charge in [0.25, 0.3) is 5.91 Å². The van der Waals surface area contributed by atoms with Crippen molar-refractivity contribution in [2.45, 2.75) is 23.9 Å². The predicted octanol–water partition coefficient (Wildman–Crippen LogP) is 2.96. The van der Waals surface area contributed by atoms with Crippen LogP contribution in [0.15, 0.2) is 71.6 Å². The molecule has 0 saturated carbocycles. The second-order valence-electron chi connectivity index (χ2n) is 8.40. The predicted molar refractivity (Wildman–Crippen MR) is 132 cm³/mol. The van der Waals surface area contributed by atoms with E-state index in [4.69, 9.17) is 18.9 Å². The number of imide groups is 1. The van der Waals surface area contributed by atoms with E-state index < -0.39 is 27.9 Å². The number of methoxy groups -OCH3 is 2. The number of amides is 2. The number of anilines is 1. The second kappa shape index (κ2) is 9.75. The summed E-state index contributed by atoms with van der Waals surface area (Å²) in [6.07, 6.45) is -0.301. The lowest BCUT2D eigenvalue weighted by Crippen LogP contribution is -2.45. The van der Waals surface area contributed by atoms with Gasteiger partial charge in [0.1, 0.15) is 17.5 Å². The lowest BCUT2D eigenvalue weighted by Gasteiger charge is -2.27.